The van der Waals surface area contributed by atoms with Gasteiger partial charge in [-0.2, -0.15) is 0 Å². The summed E-state index contributed by atoms with van der Waals surface area (Å²) in [6.45, 7) is 4.05. The molecule has 0 fully saturated rings. The van der Waals surface area contributed by atoms with E-state index >= 15 is 0 Å². The summed E-state index contributed by atoms with van der Waals surface area (Å²) < 4.78 is 28.7. The number of aromatic nitrogens is 3. The number of allylic oxidation sites excluding steroid dienone is 1. The van der Waals surface area contributed by atoms with Crippen LogP contribution < -0.4 is 10.6 Å². The second kappa shape index (κ2) is 10.9. The van der Waals surface area contributed by atoms with Gasteiger partial charge in [-0.25, -0.2) is 8.78 Å². The first-order valence-electron chi connectivity index (χ1n) is 9.32. The van der Waals surface area contributed by atoms with Crippen LogP contribution in [-0.4, -0.2) is 32.3 Å². The van der Waals surface area contributed by atoms with Gasteiger partial charge in [-0.1, -0.05) is 41.6 Å². The Balaban J connectivity index is 1.61. The number of thioether (sulfide) groups is 1. The number of hydrogen-bond acceptors (Lipinski definition) is 5. The lowest BCUT2D eigenvalue weighted by atomic mass is 10.2. The van der Waals surface area contributed by atoms with E-state index in [1.165, 1.54) is 30.3 Å². The molecule has 2 amide bonds. The molecular weight excluding hydrogens is 460 g/mol. The zero-order valence-electron chi connectivity index (χ0n) is 16.6. The first-order chi connectivity index (χ1) is 15.4. The molecule has 0 bridgehead atoms. The zero-order valence-corrected chi connectivity index (χ0v) is 18.2. The van der Waals surface area contributed by atoms with Crippen molar-refractivity contribution >= 4 is 40.9 Å². The Hall–Kier alpha value is -3.24. The van der Waals surface area contributed by atoms with Crippen molar-refractivity contribution in [2.45, 2.75) is 18.2 Å². The number of hydrogen-bond donors (Lipinski definition) is 2. The average molecular weight is 478 g/mol. The van der Waals surface area contributed by atoms with Crippen molar-refractivity contribution in [3.8, 4) is 0 Å². The largest absolute Gasteiger partial charge is 0.345 e. The van der Waals surface area contributed by atoms with Gasteiger partial charge in [0.25, 0.3) is 5.91 Å². The number of carbonyl (C=O) groups is 2. The third-order valence-corrected chi connectivity index (χ3v) is 5.42. The quantitative estimate of drug-likeness (QED) is 0.358. The standard InChI is InChI=1S/C21H18ClF2N5O2S/c1-2-9-29-18(11-25-20(31)14-5-3-4-6-16(14)23)27-28-21(29)32-12-19(30)26-13-7-8-17(24)15(22)10-13/h2-8,10H,1,9,11-12H2,(H,25,31)(H,26,30). The van der Waals surface area contributed by atoms with E-state index in [1.54, 1.807) is 16.7 Å². The number of nitrogens with zero attached hydrogens (tertiary/aromatic N) is 3. The lowest BCUT2D eigenvalue weighted by Gasteiger charge is -2.09. The van der Waals surface area contributed by atoms with Crippen LogP contribution in [0.5, 0.6) is 0 Å². The molecule has 0 radical (unpaired) electrons. The highest BCUT2D eigenvalue weighted by atomic mass is 35.5. The Morgan fingerprint density at radius 3 is 2.66 bits per heavy atom. The molecule has 7 nitrogen and oxygen atoms in total. The van der Waals surface area contributed by atoms with Gasteiger partial charge in [0.05, 0.1) is 22.9 Å². The summed E-state index contributed by atoms with van der Waals surface area (Å²) in [5.74, 6) is -1.70. The van der Waals surface area contributed by atoms with Gasteiger partial charge in [0.15, 0.2) is 11.0 Å². The van der Waals surface area contributed by atoms with Crippen LogP contribution >= 0.6 is 23.4 Å². The van der Waals surface area contributed by atoms with Gasteiger partial charge < -0.3 is 15.2 Å². The highest BCUT2D eigenvalue weighted by molar-refractivity contribution is 7.99. The van der Waals surface area contributed by atoms with Crippen LogP contribution in [0.4, 0.5) is 14.5 Å². The molecule has 0 saturated carbocycles. The van der Waals surface area contributed by atoms with Crippen molar-refractivity contribution < 1.29 is 18.4 Å². The summed E-state index contributed by atoms with van der Waals surface area (Å²) in [6, 6.07) is 9.53. The Labute approximate surface area is 191 Å². The maximum Gasteiger partial charge on any atom is 0.254 e. The maximum absolute atomic E-state index is 13.8. The van der Waals surface area contributed by atoms with E-state index in [0.29, 0.717) is 23.2 Å². The van der Waals surface area contributed by atoms with Gasteiger partial charge in [0, 0.05) is 12.2 Å². The minimum absolute atomic E-state index is 0.00581. The van der Waals surface area contributed by atoms with Crippen LogP contribution in [0, 0.1) is 11.6 Å². The van der Waals surface area contributed by atoms with Gasteiger partial charge >= 0.3 is 0 Å². The highest BCUT2D eigenvalue weighted by Gasteiger charge is 2.16. The molecule has 0 saturated heterocycles. The van der Waals surface area contributed by atoms with E-state index in [2.05, 4.69) is 27.4 Å². The zero-order chi connectivity index (χ0) is 23.1. The van der Waals surface area contributed by atoms with Gasteiger partial charge in [-0.15, -0.1) is 16.8 Å². The number of nitrogens with one attached hydrogen (secondary N) is 2. The van der Waals surface area contributed by atoms with Crippen molar-refractivity contribution in [3.05, 3.63) is 83.2 Å². The van der Waals surface area contributed by atoms with Crippen LogP contribution in [-0.2, 0) is 17.9 Å². The number of amides is 2. The topological polar surface area (TPSA) is 88.9 Å². The number of benzene rings is 2. The molecule has 0 aliphatic heterocycles. The molecule has 11 heteroatoms. The number of rotatable bonds is 9. The number of anilines is 1. The summed E-state index contributed by atoms with van der Waals surface area (Å²) in [6.07, 6.45) is 1.62. The Morgan fingerprint density at radius 2 is 1.94 bits per heavy atom. The van der Waals surface area contributed by atoms with Crippen LogP contribution in [0.2, 0.25) is 5.02 Å². The molecule has 0 aliphatic carbocycles. The molecule has 3 aromatic rings. The molecule has 2 N–H and O–H groups in total. The summed E-state index contributed by atoms with van der Waals surface area (Å²) in [5.41, 5.74) is 0.292. The molecule has 3 rings (SSSR count). The molecule has 1 heterocycles. The predicted octanol–water partition coefficient (Wildman–Crippen LogP) is 4.06. The second-order valence-electron chi connectivity index (χ2n) is 6.43. The Bertz CT molecular complexity index is 1150. The van der Waals surface area contributed by atoms with Crippen LogP contribution in [0.25, 0.3) is 0 Å². The fraction of sp³-hybridized carbons (Fsp3) is 0.143. The average Bonchev–Trinajstić information content (AvgIpc) is 3.15. The Morgan fingerprint density at radius 1 is 1.16 bits per heavy atom. The summed E-state index contributed by atoms with van der Waals surface area (Å²) in [7, 11) is 0. The molecule has 0 spiro atoms. The normalized spacial score (nSPS) is 10.6. The first-order valence-corrected chi connectivity index (χ1v) is 10.7. The number of halogens is 3. The van der Waals surface area contributed by atoms with E-state index in [1.807, 2.05) is 0 Å². The van der Waals surface area contributed by atoms with Crippen LogP contribution in [0.1, 0.15) is 16.2 Å². The molecule has 0 atom stereocenters. The number of carbonyl (C=O) groups excluding carboxylic acids is 2. The summed E-state index contributed by atoms with van der Waals surface area (Å²) in [5, 5.41) is 13.7. The lowest BCUT2D eigenvalue weighted by molar-refractivity contribution is -0.113. The van der Waals surface area contributed by atoms with E-state index < -0.39 is 17.5 Å². The fourth-order valence-corrected chi connectivity index (χ4v) is 3.62. The second-order valence-corrected chi connectivity index (χ2v) is 7.78. The van der Waals surface area contributed by atoms with Gasteiger partial charge in [0.2, 0.25) is 5.91 Å². The SMILES string of the molecule is C=CCn1c(CNC(=O)c2ccccc2F)nnc1SCC(=O)Nc1ccc(F)c(Cl)c1. The molecule has 1 aromatic heterocycles. The van der Waals surface area contributed by atoms with Gasteiger partial charge in [-0.05, 0) is 30.3 Å². The van der Waals surface area contributed by atoms with Crippen LogP contribution in [0.15, 0.2) is 60.3 Å². The smallest absolute Gasteiger partial charge is 0.254 e. The summed E-state index contributed by atoms with van der Waals surface area (Å²) in [4.78, 5) is 24.5. The van der Waals surface area contributed by atoms with Crippen molar-refractivity contribution in [2.75, 3.05) is 11.1 Å². The molecule has 0 unspecified atom stereocenters. The van der Waals surface area contributed by atoms with Crippen molar-refractivity contribution in [1.29, 1.82) is 0 Å². The third kappa shape index (κ3) is 5.92. The van der Waals surface area contributed by atoms with Crippen molar-refractivity contribution in [1.82, 2.24) is 20.1 Å². The predicted molar refractivity (Wildman–Crippen MR) is 119 cm³/mol. The van der Waals surface area contributed by atoms with Crippen molar-refractivity contribution in [2.24, 2.45) is 0 Å². The molecular formula is C21H18ClF2N5O2S. The molecule has 32 heavy (non-hydrogen) atoms. The highest BCUT2D eigenvalue weighted by Crippen LogP contribution is 2.21. The summed E-state index contributed by atoms with van der Waals surface area (Å²) >= 11 is 6.84. The third-order valence-electron chi connectivity index (χ3n) is 4.17. The van der Waals surface area contributed by atoms with Crippen molar-refractivity contribution in [3.63, 3.8) is 0 Å². The monoisotopic (exact) mass is 477 g/mol. The van der Waals surface area contributed by atoms with E-state index in [4.69, 9.17) is 11.6 Å². The van der Waals surface area contributed by atoms with Gasteiger partial charge in [-0.3, -0.25) is 9.59 Å². The van der Waals surface area contributed by atoms with Crippen LogP contribution in [0.3, 0.4) is 0 Å². The minimum Gasteiger partial charge on any atom is -0.345 e. The van der Waals surface area contributed by atoms with E-state index in [-0.39, 0.29) is 28.8 Å². The van der Waals surface area contributed by atoms with Gasteiger partial charge in [0.1, 0.15) is 11.6 Å². The minimum atomic E-state index is -0.623. The first kappa shape index (κ1) is 23.4. The molecule has 2 aromatic carbocycles. The maximum atomic E-state index is 13.8. The molecule has 166 valence electrons. The fourth-order valence-electron chi connectivity index (χ4n) is 2.67. The van der Waals surface area contributed by atoms with E-state index in [9.17, 15) is 18.4 Å². The van der Waals surface area contributed by atoms with E-state index in [0.717, 1.165) is 17.8 Å². The molecule has 0 aliphatic rings. The lowest BCUT2D eigenvalue weighted by Crippen LogP contribution is -2.25. The Kier molecular flexibility index (Phi) is 7.96.